The molecule has 0 aliphatic carbocycles. The van der Waals surface area contributed by atoms with E-state index in [4.69, 9.17) is 5.11 Å². The standard InChI is InChI=1S/C10H9F3O2/c1-6(14)7-3-2-4-8(5-7)9(15)10(11,12)13/h2-5,9,15H,1H3/t9-/m0/s1. The molecule has 0 amide bonds. The third-order valence-electron chi connectivity index (χ3n) is 1.92. The van der Waals surface area contributed by atoms with Gasteiger partial charge in [-0.25, -0.2) is 0 Å². The van der Waals surface area contributed by atoms with E-state index in [0.29, 0.717) is 0 Å². The lowest BCUT2D eigenvalue weighted by Gasteiger charge is -2.15. The summed E-state index contributed by atoms with van der Waals surface area (Å²) in [6, 6.07) is 4.88. The highest BCUT2D eigenvalue weighted by molar-refractivity contribution is 5.94. The van der Waals surface area contributed by atoms with E-state index in [-0.39, 0.29) is 16.9 Å². The van der Waals surface area contributed by atoms with E-state index in [2.05, 4.69) is 0 Å². The van der Waals surface area contributed by atoms with Gasteiger partial charge >= 0.3 is 6.18 Å². The molecule has 1 N–H and O–H groups in total. The zero-order valence-corrected chi connectivity index (χ0v) is 7.88. The molecule has 0 radical (unpaired) electrons. The summed E-state index contributed by atoms with van der Waals surface area (Å²) < 4.78 is 36.4. The largest absolute Gasteiger partial charge is 0.418 e. The Morgan fingerprint density at radius 2 is 2.00 bits per heavy atom. The van der Waals surface area contributed by atoms with Gasteiger partial charge in [0, 0.05) is 5.56 Å². The molecule has 0 spiro atoms. The number of aliphatic hydroxyl groups is 1. The highest BCUT2D eigenvalue weighted by atomic mass is 19.4. The van der Waals surface area contributed by atoms with E-state index in [1.807, 2.05) is 0 Å². The second-order valence-corrected chi connectivity index (χ2v) is 3.13. The predicted octanol–water partition coefficient (Wildman–Crippen LogP) is 2.48. The fourth-order valence-corrected chi connectivity index (χ4v) is 1.12. The Bertz CT molecular complexity index is 371. The molecule has 0 aliphatic rings. The number of carbonyl (C=O) groups is 1. The zero-order valence-electron chi connectivity index (χ0n) is 7.88. The van der Waals surface area contributed by atoms with Crippen molar-refractivity contribution in [3.63, 3.8) is 0 Å². The Morgan fingerprint density at radius 3 is 2.47 bits per heavy atom. The maximum absolute atomic E-state index is 12.1. The fourth-order valence-electron chi connectivity index (χ4n) is 1.12. The maximum Gasteiger partial charge on any atom is 0.418 e. The number of Topliss-reactive ketones (excluding diaryl/α,β-unsaturated/α-hetero) is 1. The van der Waals surface area contributed by atoms with Crippen LogP contribution in [0.1, 0.15) is 28.9 Å². The van der Waals surface area contributed by atoms with E-state index in [9.17, 15) is 18.0 Å². The third kappa shape index (κ3) is 2.79. The first-order valence-electron chi connectivity index (χ1n) is 4.18. The molecule has 1 atom stereocenters. The highest BCUT2D eigenvalue weighted by Gasteiger charge is 2.39. The molecule has 0 saturated heterocycles. The summed E-state index contributed by atoms with van der Waals surface area (Å²) in [5, 5.41) is 8.93. The number of rotatable bonds is 2. The molecule has 0 fully saturated rings. The van der Waals surface area contributed by atoms with Crippen LogP contribution in [0.2, 0.25) is 0 Å². The summed E-state index contributed by atoms with van der Waals surface area (Å²) in [5.74, 6) is -0.341. The van der Waals surface area contributed by atoms with Crippen molar-refractivity contribution in [2.45, 2.75) is 19.2 Å². The Balaban J connectivity index is 3.06. The van der Waals surface area contributed by atoms with Crippen LogP contribution >= 0.6 is 0 Å². The van der Waals surface area contributed by atoms with Crippen LogP contribution in [-0.4, -0.2) is 17.1 Å². The van der Waals surface area contributed by atoms with Crippen molar-refractivity contribution >= 4 is 5.78 Å². The maximum atomic E-state index is 12.1. The number of ketones is 1. The molecular formula is C10H9F3O2. The van der Waals surface area contributed by atoms with Crippen LogP contribution in [0.25, 0.3) is 0 Å². The van der Waals surface area contributed by atoms with Gasteiger partial charge in [0.25, 0.3) is 0 Å². The summed E-state index contributed by atoms with van der Waals surface area (Å²) >= 11 is 0. The molecule has 0 aromatic heterocycles. The van der Waals surface area contributed by atoms with Crippen molar-refractivity contribution in [3.8, 4) is 0 Å². The molecule has 1 aromatic carbocycles. The molecule has 0 heterocycles. The molecule has 0 unspecified atom stereocenters. The Kier molecular flexibility index (Phi) is 3.14. The average molecular weight is 218 g/mol. The third-order valence-corrected chi connectivity index (χ3v) is 1.92. The summed E-state index contributed by atoms with van der Waals surface area (Å²) in [6.07, 6.45) is -7.26. The van der Waals surface area contributed by atoms with Crippen LogP contribution in [0, 0.1) is 0 Å². The van der Waals surface area contributed by atoms with Gasteiger partial charge in [0.05, 0.1) is 0 Å². The van der Waals surface area contributed by atoms with E-state index >= 15 is 0 Å². The molecule has 1 rings (SSSR count). The SMILES string of the molecule is CC(=O)c1cccc([C@H](O)C(F)(F)F)c1. The zero-order chi connectivity index (χ0) is 11.6. The van der Waals surface area contributed by atoms with Crippen molar-refractivity contribution in [2.75, 3.05) is 0 Å². The van der Waals surface area contributed by atoms with Crippen LogP contribution in [-0.2, 0) is 0 Å². The van der Waals surface area contributed by atoms with Gasteiger partial charge in [-0.1, -0.05) is 18.2 Å². The van der Waals surface area contributed by atoms with E-state index < -0.39 is 12.3 Å². The van der Waals surface area contributed by atoms with E-state index in [1.165, 1.54) is 19.1 Å². The van der Waals surface area contributed by atoms with Crippen LogP contribution < -0.4 is 0 Å². The normalized spacial score (nSPS) is 13.7. The second-order valence-electron chi connectivity index (χ2n) is 3.13. The Morgan fingerprint density at radius 1 is 1.40 bits per heavy atom. The molecule has 82 valence electrons. The molecule has 0 saturated carbocycles. The first-order chi connectivity index (χ1) is 6.82. The number of carbonyl (C=O) groups excluding carboxylic acids is 1. The number of hydrogen-bond donors (Lipinski definition) is 1. The summed E-state index contributed by atoms with van der Waals surface area (Å²) in [5.41, 5.74) is -0.175. The first-order valence-corrected chi connectivity index (χ1v) is 4.18. The summed E-state index contributed by atoms with van der Waals surface area (Å²) in [4.78, 5) is 10.9. The molecule has 0 bridgehead atoms. The Labute approximate surface area is 84.3 Å². The van der Waals surface area contributed by atoms with Gasteiger partial charge in [0.15, 0.2) is 11.9 Å². The van der Waals surface area contributed by atoms with E-state index in [0.717, 1.165) is 12.1 Å². The van der Waals surface area contributed by atoms with Crippen LogP contribution in [0.3, 0.4) is 0 Å². The smallest absolute Gasteiger partial charge is 0.379 e. The topological polar surface area (TPSA) is 37.3 Å². The number of alkyl halides is 3. The first kappa shape index (κ1) is 11.7. The average Bonchev–Trinajstić information content (AvgIpc) is 2.15. The van der Waals surface area contributed by atoms with Gasteiger partial charge in [-0.15, -0.1) is 0 Å². The second kappa shape index (κ2) is 4.02. The predicted molar refractivity (Wildman–Crippen MR) is 47.5 cm³/mol. The fraction of sp³-hybridized carbons (Fsp3) is 0.300. The van der Waals surface area contributed by atoms with Crippen molar-refractivity contribution < 1.29 is 23.1 Å². The lowest BCUT2D eigenvalue weighted by Crippen LogP contribution is -2.20. The van der Waals surface area contributed by atoms with Gasteiger partial charge in [0.1, 0.15) is 0 Å². The van der Waals surface area contributed by atoms with Gasteiger partial charge in [-0.3, -0.25) is 4.79 Å². The van der Waals surface area contributed by atoms with Gasteiger partial charge < -0.3 is 5.11 Å². The number of aliphatic hydroxyl groups excluding tert-OH is 1. The van der Waals surface area contributed by atoms with Crippen LogP contribution in [0.5, 0.6) is 0 Å². The molecule has 0 aliphatic heterocycles. The van der Waals surface area contributed by atoms with Gasteiger partial charge in [0.2, 0.25) is 0 Å². The minimum Gasteiger partial charge on any atom is -0.379 e. The highest BCUT2D eigenvalue weighted by Crippen LogP contribution is 2.32. The van der Waals surface area contributed by atoms with Crippen LogP contribution in [0.15, 0.2) is 24.3 Å². The quantitative estimate of drug-likeness (QED) is 0.774. The van der Waals surface area contributed by atoms with Gasteiger partial charge in [-0.05, 0) is 18.6 Å². The monoisotopic (exact) mass is 218 g/mol. The number of benzene rings is 1. The van der Waals surface area contributed by atoms with Crippen LogP contribution in [0.4, 0.5) is 13.2 Å². The lowest BCUT2D eigenvalue weighted by molar-refractivity contribution is -0.206. The summed E-state index contributed by atoms with van der Waals surface area (Å²) in [6.45, 7) is 1.25. The number of halogens is 3. The van der Waals surface area contributed by atoms with Gasteiger partial charge in [-0.2, -0.15) is 13.2 Å². The minimum atomic E-state index is -4.71. The van der Waals surface area contributed by atoms with Crippen molar-refractivity contribution in [1.29, 1.82) is 0 Å². The van der Waals surface area contributed by atoms with E-state index in [1.54, 1.807) is 0 Å². The molecule has 2 nitrogen and oxygen atoms in total. The van der Waals surface area contributed by atoms with Crippen molar-refractivity contribution in [2.24, 2.45) is 0 Å². The lowest BCUT2D eigenvalue weighted by atomic mass is 10.0. The Hall–Kier alpha value is -1.36. The summed E-state index contributed by atoms with van der Waals surface area (Å²) in [7, 11) is 0. The van der Waals surface area contributed by atoms with Crippen molar-refractivity contribution in [3.05, 3.63) is 35.4 Å². The minimum absolute atomic E-state index is 0.149. The number of hydrogen-bond acceptors (Lipinski definition) is 2. The van der Waals surface area contributed by atoms with Crippen molar-refractivity contribution in [1.82, 2.24) is 0 Å². The molecular weight excluding hydrogens is 209 g/mol. The molecule has 5 heteroatoms. The molecule has 1 aromatic rings. The molecule has 15 heavy (non-hydrogen) atoms.